The molecule has 0 saturated heterocycles. The zero-order valence-electron chi connectivity index (χ0n) is 10.3. The second kappa shape index (κ2) is 5.35. The fourth-order valence-corrected chi connectivity index (χ4v) is 1.94. The fraction of sp³-hybridized carbons (Fsp3) is 0.231. The highest BCUT2D eigenvalue weighted by molar-refractivity contribution is 9.10. The van der Waals surface area contributed by atoms with Crippen LogP contribution in [0.2, 0.25) is 0 Å². The predicted octanol–water partition coefficient (Wildman–Crippen LogP) is 3.23. The fourth-order valence-electron chi connectivity index (χ4n) is 1.68. The quantitative estimate of drug-likeness (QED) is 0.946. The van der Waals surface area contributed by atoms with E-state index in [1.165, 1.54) is 0 Å². The zero-order valence-corrected chi connectivity index (χ0v) is 11.9. The molecule has 1 heterocycles. The summed E-state index contributed by atoms with van der Waals surface area (Å²) in [5.74, 6) is 0.597. The lowest BCUT2D eigenvalue weighted by molar-refractivity contribution is 0.102. The molecule has 0 saturated carbocycles. The summed E-state index contributed by atoms with van der Waals surface area (Å²) in [6.45, 7) is 4.62. The van der Waals surface area contributed by atoms with Gasteiger partial charge in [0.15, 0.2) is 0 Å². The van der Waals surface area contributed by atoms with E-state index in [4.69, 9.17) is 0 Å². The Morgan fingerprint density at radius 1 is 1.39 bits per heavy atom. The summed E-state index contributed by atoms with van der Waals surface area (Å²) in [7, 11) is 0. The molecular formula is C13H14BrN3O. The van der Waals surface area contributed by atoms with Crippen molar-refractivity contribution in [1.29, 1.82) is 0 Å². The van der Waals surface area contributed by atoms with E-state index in [1.54, 1.807) is 16.8 Å². The number of halogens is 1. The summed E-state index contributed by atoms with van der Waals surface area (Å²) in [5, 5.41) is 7.15. The second-order valence-electron chi connectivity index (χ2n) is 3.95. The number of rotatable bonds is 3. The highest BCUT2D eigenvalue weighted by Crippen LogP contribution is 2.14. The van der Waals surface area contributed by atoms with Crippen molar-refractivity contribution < 1.29 is 4.79 Å². The standard InChI is InChI=1S/C13H14BrN3O/c1-3-17-12(8-9(2)16-17)15-13(18)10-4-6-11(14)7-5-10/h4-8H,3H2,1-2H3,(H,15,18). The number of anilines is 1. The van der Waals surface area contributed by atoms with E-state index >= 15 is 0 Å². The molecule has 0 aliphatic carbocycles. The summed E-state index contributed by atoms with van der Waals surface area (Å²) in [6.07, 6.45) is 0. The molecule has 4 nitrogen and oxygen atoms in total. The van der Waals surface area contributed by atoms with Gasteiger partial charge in [-0.15, -0.1) is 0 Å². The maximum absolute atomic E-state index is 12.0. The van der Waals surface area contributed by atoms with Gasteiger partial charge in [-0.05, 0) is 38.1 Å². The van der Waals surface area contributed by atoms with Crippen molar-refractivity contribution in [2.45, 2.75) is 20.4 Å². The van der Waals surface area contributed by atoms with E-state index in [9.17, 15) is 4.79 Å². The minimum Gasteiger partial charge on any atom is -0.307 e. The number of carbonyl (C=O) groups is 1. The van der Waals surface area contributed by atoms with Gasteiger partial charge in [-0.25, -0.2) is 4.68 Å². The van der Waals surface area contributed by atoms with Crippen molar-refractivity contribution in [1.82, 2.24) is 9.78 Å². The Morgan fingerprint density at radius 2 is 2.06 bits per heavy atom. The van der Waals surface area contributed by atoms with Crippen LogP contribution >= 0.6 is 15.9 Å². The van der Waals surface area contributed by atoms with Crippen molar-refractivity contribution >= 4 is 27.7 Å². The molecule has 1 N–H and O–H groups in total. The molecular weight excluding hydrogens is 294 g/mol. The number of aryl methyl sites for hydroxylation is 2. The minimum absolute atomic E-state index is 0.128. The molecule has 1 aromatic carbocycles. The van der Waals surface area contributed by atoms with Crippen molar-refractivity contribution in [2.24, 2.45) is 0 Å². The van der Waals surface area contributed by atoms with Crippen molar-refractivity contribution in [3.05, 3.63) is 46.1 Å². The SMILES string of the molecule is CCn1nc(C)cc1NC(=O)c1ccc(Br)cc1. The van der Waals surface area contributed by atoms with E-state index in [1.807, 2.05) is 32.0 Å². The molecule has 2 rings (SSSR count). The topological polar surface area (TPSA) is 46.9 Å². The molecule has 0 unspecified atom stereocenters. The van der Waals surface area contributed by atoms with Crippen molar-refractivity contribution in [3.8, 4) is 0 Å². The molecule has 0 aliphatic rings. The number of nitrogens with one attached hydrogen (secondary N) is 1. The Balaban J connectivity index is 2.18. The molecule has 94 valence electrons. The van der Waals surface area contributed by atoms with Gasteiger partial charge >= 0.3 is 0 Å². The van der Waals surface area contributed by atoms with Gasteiger partial charge in [-0.1, -0.05) is 15.9 Å². The molecule has 0 radical (unpaired) electrons. The molecule has 0 bridgehead atoms. The summed E-state index contributed by atoms with van der Waals surface area (Å²) >= 11 is 3.34. The van der Waals surface area contributed by atoms with Crippen LogP contribution < -0.4 is 5.32 Å². The van der Waals surface area contributed by atoms with Gasteiger partial charge in [0.05, 0.1) is 5.69 Å². The monoisotopic (exact) mass is 307 g/mol. The molecule has 0 atom stereocenters. The number of amides is 1. The Labute approximate surface area is 114 Å². The second-order valence-corrected chi connectivity index (χ2v) is 4.86. The van der Waals surface area contributed by atoms with Crippen LogP contribution in [0.3, 0.4) is 0 Å². The summed E-state index contributed by atoms with van der Waals surface area (Å²) in [5.41, 5.74) is 1.52. The van der Waals surface area contributed by atoms with Crippen LogP contribution in [0, 0.1) is 6.92 Å². The lowest BCUT2D eigenvalue weighted by atomic mass is 10.2. The highest BCUT2D eigenvalue weighted by atomic mass is 79.9. The summed E-state index contributed by atoms with van der Waals surface area (Å²) in [4.78, 5) is 12.0. The van der Waals surface area contributed by atoms with Gasteiger partial charge in [0, 0.05) is 22.6 Å². The van der Waals surface area contributed by atoms with Gasteiger partial charge in [-0.3, -0.25) is 4.79 Å². The van der Waals surface area contributed by atoms with Gasteiger partial charge < -0.3 is 5.32 Å². The Hall–Kier alpha value is -1.62. The van der Waals surface area contributed by atoms with Gasteiger partial charge in [0.1, 0.15) is 5.82 Å². The van der Waals surface area contributed by atoms with Gasteiger partial charge in [-0.2, -0.15) is 5.10 Å². The first-order valence-electron chi connectivity index (χ1n) is 5.71. The maximum atomic E-state index is 12.0. The smallest absolute Gasteiger partial charge is 0.256 e. The van der Waals surface area contributed by atoms with Crippen LogP contribution in [0.1, 0.15) is 23.0 Å². The summed E-state index contributed by atoms with van der Waals surface area (Å²) in [6, 6.07) is 9.10. The van der Waals surface area contributed by atoms with Crippen LogP contribution in [-0.4, -0.2) is 15.7 Å². The normalized spacial score (nSPS) is 10.4. The third kappa shape index (κ3) is 2.79. The first kappa shape index (κ1) is 12.8. The predicted molar refractivity (Wildman–Crippen MR) is 74.7 cm³/mol. The van der Waals surface area contributed by atoms with Gasteiger partial charge in [0.2, 0.25) is 0 Å². The number of aromatic nitrogens is 2. The lowest BCUT2D eigenvalue weighted by Crippen LogP contribution is -2.15. The molecule has 5 heteroatoms. The largest absolute Gasteiger partial charge is 0.307 e. The molecule has 0 fully saturated rings. The maximum Gasteiger partial charge on any atom is 0.256 e. The molecule has 0 spiro atoms. The molecule has 0 aliphatic heterocycles. The Bertz CT molecular complexity index is 560. The number of benzene rings is 1. The Kier molecular flexibility index (Phi) is 3.81. The first-order chi connectivity index (χ1) is 8.60. The summed E-state index contributed by atoms with van der Waals surface area (Å²) < 4.78 is 2.72. The molecule has 2 aromatic rings. The van der Waals surface area contributed by atoms with E-state index in [2.05, 4.69) is 26.3 Å². The minimum atomic E-state index is -0.128. The zero-order chi connectivity index (χ0) is 13.1. The molecule has 1 amide bonds. The first-order valence-corrected chi connectivity index (χ1v) is 6.51. The number of nitrogens with zero attached hydrogens (tertiary/aromatic N) is 2. The number of hydrogen-bond donors (Lipinski definition) is 1. The highest BCUT2D eigenvalue weighted by Gasteiger charge is 2.10. The lowest BCUT2D eigenvalue weighted by Gasteiger charge is -2.06. The third-order valence-corrected chi connectivity index (χ3v) is 3.08. The van der Waals surface area contributed by atoms with E-state index in [0.717, 1.165) is 22.5 Å². The van der Waals surface area contributed by atoms with Crippen molar-refractivity contribution in [2.75, 3.05) is 5.32 Å². The average Bonchev–Trinajstić information content (AvgIpc) is 2.70. The van der Waals surface area contributed by atoms with Crippen LogP contribution in [0.15, 0.2) is 34.8 Å². The molecule has 18 heavy (non-hydrogen) atoms. The third-order valence-electron chi connectivity index (χ3n) is 2.55. The Morgan fingerprint density at radius 3 is 2.67 bits per heavy atom. The van der Waals surface area contributed by atoms with Crippen molar-refractivity contribution in [3.63, 3.8) is 0 Å². The van der Waals surface area contributed by atoms with Crippen LogP contribution in [0.4, 0.5) is 5.82 Å². The van der Waals surface area contributed by atoms with Gasteiger partial charge in [0.25, 0.3) is 5.91 Å². The molecule has 1 aromatic heterocycles. The van der Waals surface area contributed by atoms with Crippen LogP contribution in [-0.2, 0) is 6.54 Å². The number of carbonyl (C=O) groups excluding carboxylic acids is 1. The van der Waals surface area contributed by atoms with E-state index in [0.29, 0.717) is 5.56 Å². The van der Waals surface area contributed by atoms with Crippen LogP contribution in [0.25, 0.3) is 0 Å². The van der Waals surface area contributed by atoms with E-state index < -0.39 is 0 Å². The number of hydrogen-bond acceptors (Lipinski definition) is 2. The average molecular weight is 308 g/mol. The van der Waals surface area contributed by atoms with E-state index in [-0.39, 0.29) is 5.91 Å². The van der Waals surface area contributed by atoms with Crippen LogP contribution in [0.5, 0.6) is 0 Å².